The molecule has 1 aromatic rings. The third-order valence-electron chi connectivity index (χ3n) is 4.35. The van der Waals surface area contributed by atoms with Crippen molar-refractivity contribution in [2.45, 2.75) is 25.5 Å². The summed E-state index contributed by atoms with van der Waals surface area (Å²) in [5, 5.41) is 0. The van der Waals surface area contributed by atoms with Gasteiger partial charge < -0.3 is 14.4 Å². The first kappa shape index (κ1) is 14.6. The van der Waals surface area contributed by atoms with Crippen LogP contribution in [0.5, 0.6) is 0 Å². The van der Waals surface area contributed by atoms with Crippen LogP contribution in [0.25, 0.3) is 0 Å². The van der Waals surface area contributed by atoms with E-state index in [0.29, 0.717) is 13.2 Å². The third kappa shape index (κ3) is 2.98. The summed E-state index contributed by atoms with van der Waals surface area (Å²) in [7, 11) is 1.37. The fraction of sp³-hybridized carbons (Fsp3) is 0.412. The summed E-state index contributed by atoms with van der Waals surface area (Å²) >= 11 is 0. The van der Waals surface area contributed by atoms with Crippen molar-refractivity contribution in [1.29, 1.82) is 0 Å². The first-order valence-corrected chi connectivity index (χ1v) is 7.43. The Hall–Kier alpha value is -2.30. The first-order chi connectivity index (χ1) is 10.7. The van der Waals surface area contributed by atoms with Crippen LogP contribution in [-0.2, 0) is 20.9 Å². The average molecular weight is 301 g/mol. The highest BCUT2D eigenvalue weighted by Crippen LogP contribution is 2.41. The van der Waals surface area contributed by atoms with Gasteiger partial charge in [0, 0.05) is 24.6 Å². The van der Waals surface area contributed by atoms with Gasteiger partial charge in [-0.25, -0.2) is 9.59 Å². The zero-order chi connectivity index (χ0) is 15.5. The van der Waals surface area contributed by atoms with Gasteiger partial charge >= 0.3 is 12.1 Å². The lowest BCUT2D eigenvalue weighted by atomic mass is 10.0. The number of fused-ring (bicyclic) bond motifs is 2. The molecule has 1 amide bonds. The molecule has 2 aliphatic rings. The lowest BCUT2D eigenvalue weighted by Crippen LogP contribution is -2.38. The molecule has 5 nitrogen and oxygen atoms in total. The topological polar surface area (TPSA) is 55.8 Å². The molecule has 0 radical (unpaired) electrons. The van der Waals surface area contributed by atoms with E-state index in [1.807, 2.05) is 30.3 Å². The minimum atomic E-state index is -0.319. The maximum absolute atomic E-state index is 12.2. The molecule has 116 valence electrons. The van der Waals surface area contributed by atoms with Crippen molar-refractivity contribution < 1.29 is 19.1 Å². The van der Waals surface area contributed by atoms with Crippen molar-refractivity contribution in [3.05, 3.63) is 47.5 Å². The molecule has 1 aliphatic carbocycles. The van der Waals surface area contributed by atoms with Crippen LogP contribution in [0.1, 0.15) is 18.4 Å². The van der Waals surface area contributed by atoms with Gasteiger partial charge in [0.1, 0.15) is 6.61 Å². The van der Waals surface area contributed by atoms with Crippen LogP contribution in [0.3, 0.4) is 0 Å². The summed E-state index contributed by atoms with van der Waals surface area (Å²) < 4.78 is 10.0. The molecule has 0 aromatic heterocycles. The molecule has 5 heteroatoms. The minimum Gasteiger partial charge on any atom is -0.466 e. The molecule has 1 heterocycles. The van der Waals surface area contributed by atoms with Crippen molar-refractivity contribution in [3.63, 3.8) is 0 Å². The number of hydrogen-bond donors (Lipinski definition) is 0. The predicted molar refractivity (Wildman–Crippen MR) is 79.9 cm³/mol. The minimum absolute atomic E-state index is 0.143. The Bertz CT molecular complexity index is 596. The Morgan fingerprint density at radius 1 is 1.32 bits per heavy atom. The van der Waals surface area contributed by atoms with Gasteiger partial charge in [-0.2, -0.15) is 0 Å². The van der Waals surface area contributed by atoms with E-state index in [9.17, 15) is 9.59 Å². The lowest BCUT2D eigenvalue weighted by molar-refractivity contribution is -0.134. The van der Waals surface area contributed by atoms with Gasteiger partial charge in [-0.1, -0.05) is 35.9 Å². The molecular formula is C17H19NO4. The number of carbonyl (C=O) groups is 2. The number of ether oxygens (including phenoxy) is 2. The molecular weight excluding hydrogens is 282 g/mol. The molecule has 1 aliphatic heterocycles. The van der Waals surface area contributed by atoms with Crippen LogP contribution in [0.4, 0.5) is 4.79 Å². The maximum atomic E-state index is 12.2. The number of piperidine rings is 1. The molecule has 2 bridgehead atoms. The van der Waals surface area contributed by atoms with Crippen molar-refractivity contribution >= 4 is 12.1 Å². The summed E-state index contributed by atoms with van der Waals surface area (Å²) in [5.74, 6) is -0.0610. The second-order valence-corrected chi connectivity index (χ2v) is 5.73. The van der Waals surface area contributed by atoms with Gasteiger partial charge in [-0.3, -0.25) is 0 Å². The predicted octanol–water partition coefficient (Wildman–Crippen LogP) is 2.52. The summed E-state index contributed by atoms with van der Waals surface area (Å²) in [5.41, 5.74) is 2.07. The van der Waals surface area contributed by atoms with E-state index in [1.54, 1.807) is 11.0 Å². The van der Waals surface area contributed by atoms with E-state index in [1.165, 1.54) is 7.11 Å². The normalized spacial score (nSPS) is 24.6. The van der Waals surface area contributed by atoms with Crippen molar-refractivity contribution in [1.82, 2.24) is 4.90 Å². The van der Waals surface area contributed by atoms with E-state index >= 15 is 0 Å². The van der Waals surface area contributed by atoms with Crippen LogP contribution in [0.15, 0.2) is 42.0 Å². The quantitative estimate of drug-likeness (QED) is 0.636. The number of benzene rings is 1. The van der Waals surface area contributed by atoms with Gasteiger partial charge in [0.15, 0.2) is 0 Å². The zero-order valence-corrected chi connectivity index (χ0v) is 12.5. The van der Waals surface area contributed by atoms with Crippen molar-refractivity contribution in [2.75, 3.05) is 13.7 Å². The van der Waals surface area contributed by atoms with Gasteiger partial charge in [0.25, 0.3) is 0 Å². The number of methoxy groups -OCH3 is 1. The highest BCUT2D eigenvalue weighted by molar-refractivity contribution is 5.83. The highest BCUT2D eigenvalue weighted by Gasteiger charge is 2.44. The Balaban J connectivity index is 1.55. The number of rotatable bonds is 3. The fourth-order valence-corrected chi connectivity index (χ4v) is 3.23. The molecule has 0 spiro atoms. The van der Waals surface area contributed by atoms with Gasteiger partial charge in [-0.15, -0.1) is 0 Å². The number of hydrogen-bond acceptors (Lipinski definition) is 4. The third-order valence-corrected chi connectivity index (χ3v) is 4.35. The maximum Gasteiger partial charge on any atom is 0.410 e. The van der Waals surface area contributed by atoms with Crippen LogP contribution >= 0.6 is 0 Å². The average Bonchev–Trinajstić information content (AvgIpc) is 3.13. The Morgan fingerprint density at radius 2 is 2.09 bits per heavy atom. The smallest absolute Gasteiger partial charge is 0.410 e. The molecule has 1 saturated carbocycles. The van der Waals surface area contributed by atoms with Crippen LogP contribution in [0, 0.1) is 5.92 Å². The van der Waals surface area contributed by atoms with Gasteiger partial charge in [0.05, 0.1) is 7.11 Å². The summed E-state index contributed by atoms with van der Waals surface area (Å²) in [6.45, 7) is 0.916. The number of carbonyl (C=O) groups excluding carboxylic acids is 2. The second kappa shape index (κ2) is 6.22. The number of esters is 1. The molecule has 3 rings (SSSR count). The van der Waals surface area contributed by atoms with Gasteiger partial charge in [0.2, 0.25) is 0 Å². The SMILES string of the molecule is COC(=O)/C=C1\CC2CC1CN2C(=O)OCc1ccccc1. The first-order valence-electron chi connectivity index (χ1n) is 7.43. The molecule has 2 atom stereocenters. The van der Waals surface area contributed by atoms with E-state index in [2.05, 4.69) is 4.74 Å². The standard InChI is InChI=1S/C17H19NO4/c1-21-16(19)9-13-7-15-8-14(13)10-18(15)17(20)22-11-12-5-3-2-4-6-12/h2-6,9,14-15H,7-8,10-11H2,1H3/b13-9+. The number of nitrogens with zero attached hydrogens (tertiary/aromatic N) is 1. The molecule has 22 heavy (non-hydrogen) atoms. The summed E-state index contributed by atoms with van der Waals surface area (Å²) in [6, 6.07) is 9.78. The van der Waals surface area contributed by atoms with Crippen molar-refractivity contribution in [2.24, 2.45) is 5.92 Å². The summed E-state index contributed by atoms with van der Waals surface area (Å²) in [6.07, 6.45) is 2.94. The molecule has 1 saturated heterocycles. The highest BCUT2D eigenvalue weighted by atomic mass is 16.6. The van der Waals surface area contributed by atoms with Crippen LogP contribution in [0.2, 0.25) is 0 Å². The largest absolute Gasteiger partial charge is 0.466 e. The van der Waals surface area contributed by atoms with Gasteiger partial charge in [-0.05, 0) is 18.4 Å². The Morgan fingerprint density at radius 3 is 2.73 bits per heavy atom. The fourth-order valence-electron chi connectivity index (χ4n) is 3.23. The molecule has 2 fully saturated rings. The monoisotopic (exact) mass is 301 g/mol. The Labute approximate surface area is 129 Å². The van der Waals surface area contributed by atoms with E-state index < -0.39 is 0 Å². The molecule has 1 aromatic carbocycles. The summed E-state index contributed by atoms with van der Waals surface area (Å²) in [4.78, 5) is 25.3. The molecule has 2 unspecified atom stereocenters. The van der Waals surface area contributed by atoms with Crippen LogP contribution in [-0.4, -0.2) is 36.7 Å². The van der Waals surface area contributed by atoms with E-state index in [0.717, 1.165) is 24.0 Å². The lowest BCUT2D eigenvalue weighted by Gasteiger charge is -2.27. The van der Waals surface area contributed by atoms with E-state index in [-0.39, 0.29) is 24.0 Å². The number of likely N-dealkylation sites (tertiary alicyclic amines) is 1. The van der Waals surface area contributed by atoms with E-state index in [4.69, 9.17) is 4.74 Å². The molecule has 0 N–H and O–H groups in total. The van der Waals surface area contributed by atoms with Crippen LogP contribution < -0.4 is 0 Å². The Kier molecular flexibility index (Phi) is 4.13. The number of amides is 1. The zero-order valence-electron chi connectivity index (χ0n) is 12.5. The second-order valence-electron chi connectivity index (χ2n) is 5.73. The van der Waals surface area contributed by atoms with Crippen molar-refractivity contribution in [3.8, 4) is 0 Å².